The van der Waals surface area contributed by atoms with Gasteiger partial charge in [-0.1, -0.05) is 12.1 Å². The van der Waals surface area contributed by atoms with E-state index in [1.165, 1.54) is 0 Å². The number of rotatable bonds is 5. The average Bonchev–Trinajstić information content (AvgIpc) is 2.29. The first-order chi connectivity index (χ1) is 8.10. The summed E-state index contributed by atoms with van der Waals surface area (Å²) in [6.45, 7) is 5.83. The second-order valence-corrected chi connectivity index (χ2v) is 3.70. The number of hydrogen-bond acceptors (Lipinski definition) is 3. The van der Waals surface area contributed by atoms with Gasteiger partial charge in [0.25, 0.3) is 0 Å². The fourth-order valence-corrected chi connectivity index (χ4v) is 1.47. The molecule has 0 aliphatic heterocycles. The van der Waals surface area contributed by atoms with Crippen molar-refractivity contribution in [3.8, 4) is 11.5 Å². The number of para-hydroxylation sites is 1. The number of ketones is 1. The summed E-state index contributed by atoms with van der Waals surface area (Å²) in [5, 5.41) is 0. The van der Waals surface area contributed by atoms with Gasteiger partial charge in [0.05, 0.1) is 13.7 Å². The van der Waals surface area contributed by atoms with Gasteiger partial charge in [0, 0.05) is 5.56 Å². The fraction of sp³-hybridized carbons (Fsp3) is 0.357. The molecule has 0 radical (unpaired) electrons. The molecule has 0 unspecified atom stereocenters. The van der Waals surface area contributed by atoms with Gasteiger partial charge in [-0.2, -0.15) is 0 Å². The van der Waals surface area contributed by atoms with Crippen LogP contribution in [0.25, 0.3) is 6.08 Å². The zero-order chi connectivity index (χ0) is 12.8. The van der Waals surface area contributed by atoms with Gasteiger partial charge >= 0.3 is 0 Å². The van der Waals surface area contributed by atoms with Crippen LogP contribution in [0, 0.1) is 0 Å². The third-order valence-electron chi connectivity index (χ3n) is 2.44. The Labute approximate surface area is 102 Å². The van der Waals surface area contributed by atoms with Crippen LogP contribution in [0.5, 0.6) is 11.5 Å². The van der Waals surface area contributed by atoms with Crippen molar-refractivity contribution in [2.45, 2.75) is 20.8 Å². The topological polar surface area (TPSA) is 35.5 Å². The molecule has 0 saturated heterocycles. The van der Waals surface area contributed by atoms with Gasteiger partial charge in [0.2, 0.25) is 0 Å². The Morgan fingerprint density at radius 2 is 2.06 bits per heavy atom. The second kappa shape index (κ2) is 6.09. The minimum Gasteiger partial charge on any atom is -0.492 e. The molecule has 3 heteroatoms. The van der Waals surface area contributed by atoms with E-state index in [4.69, 9.17) is 9.47 Å². The number of Topliss-reactive ketones (excluding diaryl/α,β-unsaturated/α-hetero) is 1. The van der Waals surface area contributed by atoms with Crippen LogP contribution >= 0.6 is 0 Å². The van der Waals surface area contributed by atoms with Gasteiger partial charge in [-0.25, -0.2) is 0 Å². The van der Waals surface area contributed by atoms with Crippen LogP contribution in [0.2, 0.25) is 0 Å². The number of carbonyl (C=O) groups is 1. The summed E-state index contributed by atoms with van der Waals surface area (Å²) in [5.41, 5.74) is 1.54. The molecule has 1 aromatic carbocycles. The molecule has 0 heterocycles. The van der Waals surface area contributed by atoms with Crippen molar-refractivity contribution < 1.29 is 14.3 Å². The Morgan fingerprint density at radius 1 is 1.35 bits per heavy atom. The quantitative estimate of drug-likeness (QED) is 0.734. The summed E-state index contributed by atoms with van der Waals surface area (Å²) in [6, 6.07) is 5.63. The second-order valence-electron chi connectivity index (χ2n) is 3.70. The van der Waals surface area contributed by atoms with E-state index < -0.39 is 0 Å². The lowest BCUT2D eigenvalue weighted by Crippen LogP contribution is -1.98. The van der Waals surface area contributed by atoms with Crippen molar-refractivity contribution in [2.75, 3.05) is 13.7 Å². The van der Waals surface area contributed by atoms with Crippen LogP contribution in [0.15, 0.2) is 23.8 Å². The van der Waals surface area contributed by atoms with E-state index in [1.807, 2.05) is 31.2 Å². The predicted octanol–water partition coefficient (Wildman–Crippen LogP) is 3.09. The number of benzene rings is 1. The van der Waals surface area contributed by atoms with Crippen molar-refractivity contribution >= 4 is 11.9 Å². The molecule has 0 aliphatic rings. The number of hydrogen-bond donors (Lipinski definition) is 0. The van der Waals surface area contributed by atoms with Crippen molar-refractivity contribution in [1.82, 2.24) is 0 Å². The molecule has 1 aromatic rings. The largest absolute Gasteiger partial charge is 0.492 e. The van der Waals surface area contributed by atoms with E-state index in [9.17, 15) is 4.79 Å². The van der Waals surface area contributed by atoms with E-state index >= 15 is 0 Å². The highest BCUT2D eigenvalue weighted by Crippen LogP contribution is 2.32. The molecule has 0 N–H and O–H groups in total. The van der Waals surface area contributed by atoms with Crippen LogP contribution in [-0.2, 0) is 4.79 Å². The molecule has 0 fully saturated rings. The Morgan fingerprint density at radius 3 is 2.59 bits per heavy atom. The van der Waals surface area contributed by atoms with Crippen LogP contribution in [-0.4, -0.2) is 19.5 Å². The summed E-state index contributed by atoms with van der Waals surface area (Å²) >= 11 is 0. The highest BCUT2D eigenvalue weighted by Gasteiger charge is 2.08. The number of methoxy groups -OCH3 is 1. The van der Waals surface area contributed by atoms with Crippen molar-refractivity contribution in [3.63, 3.8) is 0 Å². The SMILES string of the molecule is CCOc1cccc(/C=C(/C)C(C)=O)c1OC. The number of carbonyl (C=O) groups excluding carboxylic acids is 1. The van der Waals surface area contributed by atoms with Crippen LogP contribution in [0.1, 0.15) is 26.3 Å². The van der Waals surface area contributed by atoms with Gasteiger partial charge in [0.1, 0.15) is 0 Å². The van der Waals surface area contributed by atoms with Gasteiger partial charge < -0.3 is 9.47 Å². The zero-order valence-electron chi connectivity index (χ0n) is 10.7. The zero-order valence-corrected chi connectivity index (χ0v) is 10.7. The standard InChI is InChI=1S/C14H18O3/c1-5-17-13-8-6-7-12(14(13)16-4)9-10(2)11(3)15/h6-9H,5H2,1-4H3/b10-9-. The highest BCUT2D eigenvalue weighted by molar-refractivity contribution is 5.97. The Bertz CT molecular complexity index is 433. The van der Waals surface area contributed by atoms with Gasteiger partial charge in [-0.05, 0) is 38.5 Å². The first-order valence-corrected chi connectivity index (χ1v) is 5.59. The fourth-order valence-electron chi connectivity index (χ4n) is 1.47. The summed E-state index contributed by atoms with van der Waals surface area (Å²) in [7, 11) is 1.60. The normalized spacial score (nSPS) is 11.2. The van der Waals surface area contributed by atoms with E-state index in [1.54, 1.807) is 21.0 Å². The predicted molar refractivity (Wildman–Crippen MR) is 68.5 cm³/mol. The van der Waals surface area contributed by atoms with Gasteiger partial charge in [0.15, 0.2) is 17.3 Å². The average molecular weight is 234 g/mol. The molecule has 0 amide bonds. The van der Waals surface area contributed by atoms with Crippen molar-refractivity contribution in [1.29, 1.82) is 0 Å². The number of ether oxygens (including phenoxy) is 2. The van der Waals surface area contributed by atoms with Crippen molar-refractivity contribution in [2.24, 2.45) is 0 Å². The lowest BCUT2D eigenvalue weighted by atomic mass is 10.1. The smallest absolute Gasteiger partial charge is 0.167 e. The first-order valence-electron chi connectivity index (χ1n) is 5.59. The Kier molecular flexibility index (Phi) is 4.76. The molecule has 3 nitrogen and oxygen atoms in total. The summed E-state index contributed by atoms with van der Waals surface area (Å²) in [4.78, 5) is 11.2. The molecule has 17 heavy (non-hydrogen) atoms. The molecule has 0 aliphatic carbocycles. The maximum Gasteiger partial charge on any atom is 0.167 e. The Balaban J connectivity index is 3.20. The summed E-state index contributed by atoms with van der Waals surface area (Å²) < 4.78 is 10.8. The van der Waals surface area contributed by atoms with Crippen molar-refractivity contribution in [3.05, 3.63) is 29.3 Å². The summed E-state index contributed by atoms with van der Waals surface area (Å²) in [6.07, 6.45) is 1.81. The molecule has 92 valence electrons. The molecular weight excluding hydrogens is 216 g/mol. The third kappa shape index (κ3) is 3.34. The maximum atomic E-state index is 11.2. The van der Waals surface area contributed by atoms with E-state index in [0.717, 1.165) is 5.56 Å². The van der Waals surface area contributed by atoms with Crippen LogP contribution in [0.3, 0.4) is 0 Å². The molecule has 0 bridgehead atoms. The van der Waals surface area contributed by atoms with Crippen LogP contribution < -0.4 is 9.47 Å². The minimum absolute atomic E-state index is 0.0499. The lowest BCUT2D eigenvalue weighted by molar-refractivity contribution is -0.113. The van der Waals surface area contributed by atoms with Gasteiger partial charge in [-0.3, -0.25) is 4.79 Å². The third-order valence-corrected chi connectivity index (χ3v) is 2.44. The number of allylic oxidation sites excluding steroid dienone is 1. The minimum atomic E-state index is 0.0499. The summed E-state index contributed by atoms with van der Waals surface area (Å²) in [5.74, 6) is 1.41. The highest BCUT2D eigenvalue weighted by atomic mass is 16.5. The molecular formula is C14H18O3. The van der Waals surface area contributed by atoms with Crippen LogP contribution in [0.4, 0.5) is 0 Å². The molecule has 0 atom stereocenters. The molecule has 0 saturated carbocycles. The first kappa shape index (κ1) is 13.3. The lowest BCUT2D eigenvalue weighted by Gasteiger charge is -2.11. The van der Waals surface area contributed by atoms with E-state index in [-0.39, 0.29) is 5.78 Å². The monoisotopic (exact) mass is 234 g/mol. The van der Waals surface area contributed by atoms with Gasteiger partial charge in [-0.15, -0.1) is 0 Å². The molecule has 1 rings (SSSR count). The Hall–Kier alpha value is -1.77. The van der Waals surface area contributed by atoms with E-state index in [0.29, 0.717) is 23.7 Å². The molecule has 0 spiro atoms. The van der Waals surface area contributed by atoms with E-state index in [2.05, 4.69) is 0 Å². The maximum absolute atomic E-state index is 11.2. The molecule has 0 aromatic heterocycles.